The van der Waals surface area contributed by atoms with E-state index < -0.39 is 11.9 Å². The van der Waals surface area contributed by atoms with E-state index in [2.05, 4.69) is 0 Å². The van der Waals surface area contributed by atoms with Crippen LogP contribution in [0.1, 0.15) is 17.0 Å². The third-order valence-corrected chi connectivity index (χ3v) is 4.11. The average Bonchev–Trinajstić information content (AvgIpc) is 3.09. The van der Waals surface area contributed by atoms with Gasteiger partial charge in [-0.15, -0.1) is 0 Å². The Morgan fingerprint density at radius 1 is 1.41 bits per heavy atom. The minimum absolute atomic E-state index is 0.153. The number of carbonyl (C=O) groups is 2. The molecular weight excluding hydrogens is 308 g/mol. The lowest BCUT2D eigenvalue weighted by Crippen LogP contribution is -2.43. The summed E-state index contributed by atoms with van der Waals surface area (Å²) in [6, 6.07) is 6.02. The molecule has 1 aromatic heterocycles. The number of methoxy groups -OCH3 is 1. The number of furan rings is 1. The summed E-state index contributed by atoms with van der Waals surface area (Å²) in [5.41, 5.74) is 5.94. The Labute approximate surface area is 131 Å². The van der Waals surface area contributed by atoms with Gasteiger partial charge in [0.1, 0.15) is 11.6 Å². The number of likely N-dealkylation sites (tertiary alicyclic amines) is 1. The summed E-state index contributed by atoms with van der Waals surface area (Å²) in [6.07, 6.45) is 0.184. The van der Waals surface area contributed by atoms with E-state index in [1.54, 1.807) is 31.4 Å². The molecule has 6 nitrogen and oxygen atoms in total. The smallest absolute Gasteiger partial charge is 0.290 e. The predicted octanol–water partition coefficient (Wildman–Crippen LogP) is 1.80. The molecule has 1 saturated heterocycles. The summed E-state index contributed by atoms with van der Waals surface area (Å²) < 4.78 is 10.8. The average molecular weight is 323 g/mol. The van der Waals surface area contributed by atoms with Crippen LogP contribution in [0.3, 0.4) is 0 Å². The van der Waals surface area contributed by atoms with Gasteiger partial charge in [0.2, 0.25) is 5.91 Å². The molecule has 3 rings (SSSR count). The van der Waals surface area contributed by atoms with Crippen molar-refractivity contribution in [3.05, 3.63) is 35.0 Å². The zero-order valence-electron chi connectivity index (χ0n) is 11.9. The highest BCUT2D eigenvalue weighted by molar-refractivity contribution is 6.31. The van der Waals surface area contributed by atoms with Gasteiger partial charge in [0, 0.05) is 30.5 Å². The number of hydrogen-bond donors (Lipinski definition) is 1. The number of hydrogen-bond acceptors (Lipinski definition) is 4. The number of fused-ring (bicyclic) bond motifs is 1. The van der Waals surface area contributed by atoms with Gasteiger partial charge in [-0.05, 0) is 24.3 Å². The fourth-order valence-electron chi connectivity index (χ4n) is 2.72. The van der Waals surface area contributed by atoms with Crippen LogP contribution in [0.5, 0.6) is 0 Å². The number of rotatable bonds is 3. The first-order valence-electron chi connectivity index (χ1n) is 6.81. The van der Waals surface area contributed by atoms with E-state index in [1.807, 2.05) is 0 Å². The Hall–Kier alpha value is -2.05. The van der Waals surface area contributed by atoms with Crippen LogP contribution < -0.4 is 5.73 Å². The number of carbonyl (C=O) groups excluding carboxylic acids is 2. The van der Waals surface area contributed by atoms with Gasteiger partial charge in [-0.2, -0.15) is 0 Å². The lowest BCUT2D eigenvalue weighted by Gasteiger charge is -2.20. The number of amides is 2. The second-order valence-electron chi connectivity index (χ2n) is 5.26. The first-order chi connectivity index (χ1) is 10.5. The van der Waals surface area contributed by atoms with Crippen molar-refractivity contribution in [2.45, 2.75) is 18.6 Å². The predicted molar refractivity (Wildman–Crippen MR) is 80.7 cm³/mol. The second kappa shape index (κ2) is 5.62. The molecule has 2 heterocycles. The lowest BCUT2D eigenvalue weighted by atomic mass is 10.2. The summed E-state index contributed by atoms with van der Waals surface area (Å²) in [5, 5.41) is 1.29. The molecule has 2 amide bonds. The summed E-state index contributed by atoms with van der Waals surface area (Å²) in [4.78, 5) is 25.6. The van der Waals surface area contributed by atoms with Gasteiger partial charge in [0.15, 0.2) is 5.76 Å². The molecule has 1 aliphatic rings. The van der Waals surface area contributed by atoms with Gasteiger partial charge >= 0.3 is 0 Å². The van der Waals surface area contributed by atoms with Gasteiger partial charge in [0.05, 0.1) is 6.10 Å². The Morgan fingerprint density at radius 2 is 2.18 bits per heavy atom. The number of benzene rings is 1. The zero-order valence-corrected chi connectivity index (χ0v) is 12.7. The molecule has 0 bridgehead atoms. The SMILES string of the molecule is CO[C@H]1C[C@@H](C(N)=O)N(C(=O)c2cc3cc(Cl)ccc3o2)C1. The Balaban J connectivity index is 1.92. The van der Waals surface area contributed by atoms with Crippen molar-refractivity contribution in [1.29, 1.82) is 0 Å². The van der Waals surface area contributed by atoms with Crippen LogP contribution in [0.25, 0.3) is 11.0 Å². The molecule has 0 aliphatic carbocycles. The molecule has 1 aromatic carbocycles. The largest absolute Gasteiger partial charge is 0.451 e. The summed E-state index contributed by atoms with van der Waals surface area (Å²) in [6.45, 7) is 0.306. The van der Waals surface area contributed by atoms with E-state index in [9.17, 15) is 9.59 Å². The highest BCUT2D eigenvalue weighted by Gasteiger charge is 2.40. The summed E-state index contributed by atoms with van der Waals surface area (Å²) >= 11 is 5.92. The minimum Gasteiger partial charge on any atom is -0.451 e. The molecule has 0 unspecified atom stereocenters. The van der Waals surface area contributed by atoms with Gasteiger partial charge in [-0.1, -0.05) is 11.6 Å². The number of nitrogens with two attached hydrogens (primary N) is 1. The molecule has 0 radical (unpaired) electrons. The molecule has 2 N–H and O–H groups in total. The quantitative estimate of drug-likeness (QED) is 0.933. The van der Waals surface area contributed by atoms with E-state index in [1.165, 1.54) is 4.90 Å². The third kappa shape index (κ3) is 2.55. The maximum absolute atomic E-state index is 12.6. The molecule has 1 fully saturated rings. The number of ether oxygens (including phenoxy) is 1. The summed E-state index contributed by atoms with van der Waals surface area (Å²) in [5.74, 6) is -0.775. The van der Waals surface area contributed by atoms with Crippen molar-refractivity contribution in [3.63, 3.8) is 0 Å². The Morgan fingerprint density at radius 3 is 2.86 bits per heavy atom. The van der Waals surface area contributed by atoms with Crippen LogP contribution in [-0.4, -0.2) is 42.5 Å². The van der Waals surface area contributed by atoms with E-state index in [4.69, 9.17) is 26.5 Å². The van der Waals surface area contributed by atoms with Crippen LogP contribution in [0.15, 0.2) is 28.7 Å². The van der Waals surface area contributed by atoms with Crippen molar-refractivity contribution in [2.24, 2.45) is 5.73 Å². The minimum atomic E-state index is -0.686. The van der Waals surface area contributed by atoms with Crippen molar-refractivity contribution in [2.75, 3.05) is 13.7 Å². The van der Waals surface area contributed by atoms with Crippen LogP contribution in [0, 0.1) is 0 Å². The normalized spacial score (nSPS) is 21.5. The first-order valence-corrected chi connectivity index (χ1v) is 7.19. The van der Waals surface area contributed by atoms with Crippen LogP contribution >= 0.6 is 11.6 Å². The monoisotopic (exact) mass is 322 g/mol. The standard InChI is InChI=1S/C15H15ClN2O4/c1-21-10-6-11(14(17)19)18(7-10)15(20)13-5-8-4-9(16)2-3-12(8)22-13/h2-5,10-11H,6-7H2,1H3,(H2,17,19)/t10-,11-/m0/s1. The Bertz CT molecular complexity index is 742. The van der Waals surface area contributed by atoms with Gasteiger partial charge in [-0.3, -0.25) is 9.59 Å². The molecule has 116 valence electrons. The number of nitrogens with zero attached hydrogens (tertiary/aromatic N) is 1. The van der Waals surface area contributed by atoms with Gasteiger partial charge in [-0.25, -0.2) is 0 Å². The fourth-order valence-corrected chi connectivity index (χ4v) is 2.90. The molecular formula is C15H15ClN2O4. The number of halogens is 1. The van der Waals surface area contributed by atoms with E-state index in [-0.39, 0.29) is 17.8 Å². The third-order valence-electron chi connectivity index (χ3n) is 3.87. The molecule has 7 heteroatoms. The van der Waals surface area contributed by atoms with Crippen LogP contribution in [0.2, 0.25) is 5.02 Å². The first kappa shape index (κ1) is 14.9. The topological polar surface area (TPSA) is 85.8 Å². The highest BCUT2D eigenvalue weighted by Crippen LogP contribution is 2.27. The molecule has 0 saturated carbocycles. The summed E-state index contributed by atoms with van der Waals surface area (Å²) in [7, 11) is 1.54. The van der Waals surface area contributed by atoms with Crippen molar-refractivity contribution in [1.82, 2.24) is 4.90 Å². The van der Waals surface area contributed by atoms with Crippen LogP contribution in [0.4, 0.5) is 0 Å². The van der Waals surface area contributed by atoms with Crippen molar-refractivity contribution < 1.29 is 18.7 Å². The maximum Gasteiger partial charge on any atom is 0.290 e. The highest BCUT2D eigenvalue weighted by atomic mass is 35.5. The van der Waals surface area contributed by atoms with E-state index in [0.717, 1.165) is 5.39 Å². The van der Waals surface area contributed by atoms with E-state index in [0.29, 0.717) is 23.6 Å². The van der Waals surface area contributed by atoms with Gasteiger partial charge < -0.3 is 19.8 Å². The molecule has 1 aliphatic heterocycles. The van der Waals surface area contributed by atoms with Crippen LogP contribution in [-0.2, 0) is 9.53 Å². The lowest BCUT2D eigenvalue weighted by molar-refractivity contribution is -0.121. The van der Waals surface area contributed by atoms with E-state index >= 15 is 0 Å². The second-order valence-corrected chi connectivity index (χ2v) is 5.70. The molecule has 22 heavy (non-hydrogen) atoms. The molecule has 0 spiro atoms. The molecule has 2 atom stereocenters. The maximum atomic E-state index is 12.6. The zero-order chi connectivity index (χ0) is 15.9. The van der Waals surface area contributed by atoms with Gasteiger partial charge in [0.25, 0.3) is 5.91 Å². The molecule has 2 aromatic rings. The van der Waals surface area contributed by atoms with Crippen molar-refractivity contribution in [3.8, 4) is 0 Å². The number of primary amides is 1. The fraction of sp³-hybridized carbons (Fsp3) is 0.333. The van der Waals surface area contributed by atoms with Crippen molar-refractivity contribution >= 4 is 34.4 Å². The Kier molecular flexibility index (Phi) is 3.80.